The number of hydrogen-bond acceptors (Lipinski definition) is 1. The zero-order chi connectivity index (χ0) is 18.0. The third kappa shape index (κ3) is 1.83. The predicted octanol–water partition coefficient (Wildman–Crippen LogP) is 3.82. The topological polar surface area (TPSA) is 28.2 Å². The van der Waals surface area contributed by atoms with E-state index in [4.69, 9.17) is 0 Å². The second kappa shape index (κ2) is 5.41. The third-order valence-electron chi connectivity index (χ3n) is 5.75. The Morgan fingerprint density at radius 3 is 2.17 bits per heavy atom. The van der Waals surface area contributed by atoms with Gasteiger partial charge < -0.3 is 22.7 Å². The number of hydrogen-bond donors (Lipinski definition) is 1. The molecule has 1 aromatic heterocycles. The van der Waals surface area contributed by atoms with Crippen molar-refractivity contribution in [2.75, 3.05) is 6.61 Å². The number of halogens is 2. The van der Waals surface area contributed by atoms with Crippen LogP contribution in [-0.2, 0) is 6.42 Å². The summed E-state index contributed by atoms with van der Waals surface area (Å²) >= 11 is 0. The van der Waals surface area contributed by atoms with E-state index >= 15 is 8.63 Å². The highest BCUT2D eigenvalue weighted by molar-refractivity contribution is 6.58. The molecule has 3 nitrogen and oxygen atoms in total. The van der Waals surface area contributed by atoms with Crippen molar-refractivity contribution in [1.82, 2.24) is 4.48 Å². The standard InChI is InChI=1S/C18H25BF2N2O/c1-7-14-10(3)17-16(9-24)18-11(4)15(8-2)13(6)23(18)19(20,21)22(17)12(14)5/h24H,7-9H2,1-6H3. The Kier molecular flexibility index (Phi) is 3.87. The second-order valence-corrected chi connectivity index (χ2v) is 6.75. The minimum absolute atomic E-state index is 0.243. The Balaban J connectivity index is 2.50. The molecule has 6 heteroatoms. The summed E-state index contributed by atoms with van der Waals surface area (Å²) in [6.45, 7) is 7.06. The minimum atomic E-state index is -3.96. The highest BCUT2D eigenvalue weighted by Crippen LogP contribution is 2.44. The molecule has 0 fully saturated rings. The number of nitrogens with zero attached hydrogens (tertiary/aromatic N) is 2. The maximum absolute atomic E-state index is 15.6. The fourth-order valence-corrected chi connectivity index (χ4v) is 4.76. The van der Waals surface area contributed by atoms with Crippen LogP contribution in [0.4, 0.5) is 8.63 Å². The lowest BCUT2D eigenvalue weighted by molar-refractivity contribution is -0.364. The number of rotatable bonds is 3. The highest BCUT2D eigenvalue weighted by atomic mass is 19.2. The Bertz CT molecular complexity index is 844. The molecule has 0 radical (unpaired) electrons. The molecule has 24 heavy (non-hydrogen) atoms. The minimum Gasteiger partial charge on any atom is -0.393 e. The van der Waals surface area contributed by atoms with Crippen LogP contribution in [0.1, 0.15) is 56.6 Å². The average molecular weight is 334 g/mol. The summed E-state index contributed by atoms with van der Waals surface area (Å²) in [6.07, 6.45) is 1.41. The van der Waals surface area contributed by atoms with Crippen molar-refractivity contribution in [2.24, 2.45) is 0 Å². The number of aliphatic hydroxyl groups excluding tert-OH is 1. The fraction of sp³-hybridized carbons (Fsp3) is 0.500. The summed E-state index contributed by atoms with van der Waals surface area (Å²) < 4.78 is 33.5. The molecule has 0 saturated carbocycles. The number of aromatic nitrogens is 1. The molecule has 0 spiro atoms. The fourth-order valence-electron chi connectivity index (χ4n) is 4.76. The van der Waals surface area contributed by atoms with Crippen LogP contribution in [0.25, 0.3) is 5.57 Å². The van der Waals surface area contributed by atoms with Crippen LogP contribution in [0.15, 0.2) is 16.8 Å². The van der Waals surface area contributed by atoms with E-state index in [0.29, 0.717) is 41.2 Å². The lowest BCUT2D eigenvalue weighted by atomic mass is 9.86. The van der Waals surface area contributed by atoms with E-state index in [1.54, 1.807) is 13.8 Å². The van der Waals surface area contributed by atoms with Crippen molar-refractivity contribution in [3.8, 4) is 0 Å². The van der Waals surface area contributed by atoms with Gasteiger partial charge >= 0.3 is 6.97 Å². The van der Waals surface area contributed by atoms with Gasteiger partial charge in [-0.15, -0.1) is 0 Å². The molecule has 130 valence electrons. The molecule has 3 heterocycles. The first-order valence-corrected chi connectivity index (χ1v) is 8.64. The molecular weight excluding hydrogens is 309 g/mol. The van der Waals surface area contributed by atoms with Crippen LogP contribution in [-0.4, -0.2) is 33.4 Å². The van der Waals surface area contributed by atoms with Gasteiger partial charge in [0.15, 0.2) is 5.70 Å². The van der Waals surface area contributed by atoms with Crippen molar-refractivity contribution in [1.29, 1.82) is 0 Å². The molecular formula is C18H25BF2N2O. The zero-order valence-electron chi connectivity index (χ0n) is 15.3. The first-order valence-electron chi connectivity index (χ1n) is 8.64. The molecule has 1 aromatic rings. The summed E-state index contributed by atoms with van der Waals surface area (Å²) in [5.74, 6) is 0. The van der Waals surface area contributed by atoms with E-state index in [1.807, 2.05) is 27.7 Å². The number of aliphatic hydroxyl groups is 1. The van der Waals surface area contributed by atoms with E-state index in [-0.39, 0.29) is 6.61 Å². The molecule has 0 unspecified atom stereocenters. The van der Waals surface area contributed by atoms with E-state index in [0.717, 1.165) is 22.3 Å². The second-order valence-electron chi connectivity index (χ2n) is 6.75. The molecule has 3 rings (SSSR count). The smallest absolute Gasteiger partial charge is 0.393 e. The van der Waals surface area contributed by atoms with Gasteiger partial charge in [-0.2, -0.15) is 0 Å². The Morgan fingerprint density at radius 1 is 1.04 bits per heavy atom. The first kappa shape index (κ1) is 17.1. The first-order chi connectivity index (χ1) is 11.2. The van der Waals surface area contributed by atoms with E-state index in [9.17, 15) is 5.11 Å². The molecule has 0 bridgehead atoms. The molecule has 1 N–H and O–H groups in total. The summed E-state index contributed by atoms with van der Waals surface area (Å²) in [6, 6.07) is 0. The van der Waals surface area contributed by atoms with Crippen LogP contribution in [0.3, 0.4) is 0 Å². The van der Waals surface area contributed by atoms with Gasteiger partial charge in [0.25, 0.3) is 0 Å². The maximum Gasteiger partial charge on any atom is 0.737 e. The lowest BCUT2D eigenvalue weighted by Gasteiger charge is -2.33. The monoisotopic (exact) mass is 334 g/mol. The SMILES string of the molecule is CCC1=C(C)C2=C(CO)c3c(C)c(CC)c(C)n3[B-](F)(F)[N+]2=C1C. The van der Waals surface area contributed by atoms with Gasteiger partial charge in [0, 0.05) is 23.8 Å². The molecule has 2 aliphatic heterocycles. The summed E-state index contributed by atoms with van der Waals surface area (Å²) in [5.41, 5.74) is 6.48. The largest absolute Gasteiger partial charge is 0.737 e. The zero-order valence-corrected chi connectivity index (χ0v) is 15.3. The van der Waals surface area contributed by atoms with E-state index in [2.05, 4.69) is 0 Å². The Labute approximate surface area is 142 Å². The molecule has 0 aliphatic carbocycles. The molecule has 0 amide bonds. The van der Waals surface area contributed by atoms with Crippen molar-refractivity contribution >= 4 is 18.3 Å². The molecule has 0 saturated heterocycles. The quantitative estimate of drug-likeness (QED) is 0.837. The van der Waals surface area contributed by atoms with Crippen LogP contribution >= 0.6 is 0 Å². The number of fused-ring (bicyclic) bond motifs is 2. The maximum atomic E-state index is 15.6. The molecule has 0 aromatic carbocycles. The van der Waals surface area contributed by atoms with Gasteiger partial charge in [-0.05, 0) is 50.4 Å². The summed E-state index contributed by atoms with van der Waals surface area (Å²) in [7, 11) is 0. The van der Waals surface area contributed by atoms with Gasteiger partial charge in [0.1, 0.15) is 5.71 Å². The molecule has 2 aliphatic rings. The van der Waals surface area contributed by atoms with Crippen molar-refractivity contribution in [2.45, 2.75) is 54.4 Å². The average Bonchev–Trinajstić information content (AvgIpc) is 2.93. The lowest BCUT2D eigenvalue weighted by Crippen LogP contribution is -2.51. The van der Waals surface area contributed by atoms with Crippen LogP contribution in [0, 0.1) is 13.8 Å². The van der Waals surface area contributed by atoms with Gasteiger partial charge in [0.05, 0.1) is 12.2 Å². The third-order valence-corrected chi connectivity index (χ3v) is 5.75. The van der Waals surface area contributed by atoms with Crippen LogP contribution in [0.5, 0.6) is 0 Å². The van der Waals surface area contributed by atoms with E-state index < -0.39 is 6.97 Å². The van der Waals surface area contributed by atoms with Crippen LogP contribution < -0.4 is 0 Å². The van der Waals surface area contributed by atoms with Gasteiger partial charge in [-0.25, -0.2) is 0 Å². The van der Waals surface area contributed by atoms with Crippen molar-refractivity contribution < 1.29 is 18.2 Å². The number of allylic oxidation sites excluding steroid dienone is 2. The van der Waals surface area contributed by atoms with Gasteiger partial charge in [0.2, 0.25) is 0 Å². The highest BCUT2D eigenvalue weighted by Gasteiger charge is 2.56. The van der Waals surface area contributed by atoms with E-state index in [1.165, 1.54) is 8.96 Å². The van der Waals surface area contributed by atoms with Gasteiger partial charge in [-0.3, -0.25) is 0 Å². The predicted molar refractivity (Wildman–Crippen MR) is 94.6 cm³/mol. The Morgan fingerprint density at radius 2 is 1.67 bits per heavy atom. The summed E-state index contributed by atoms with van der Waals surface area (Å²) in [5, 5.41) is 10.0. The summed E-state index contributed by atoms with van der Waals surface area (Å²) in [4.78, 5) is 0. The van der Waals surface area contributed by atoms with Crippen molar-refractivity contribution in [3.63, 3.8) is 0 Å². The normalized spacial score (nSPS) is 19.4. The Hall–Kier alpha value is -1.69. The van der Waals surface area contributed by atoms with Crippen LogP contribution in [0.2, 0.25) is 0 Å². The molecule has 0 atom stereocenters. The van der Waals surface area contributed by atoms with Crippen molar-refractivity contribution in [3.05, 3.63) is 39.4 Å². The van der Waals surface area contributed by atoms with Gasteiger partial charge in [-0.1, -0.05) is 13.8 Å².